The third-order valence-electron chi connectivity index (χ3n) is 6.10. The molecular formula is C24H30N4O3. The lowest BCUT2D eigenvalue weighted by Gasteiger charge is -2.40. The largest absolute Gasteiger partial charge is 0.495 e. The van der Waals surface area contributed by atoms with Crippen LogP contribution in [0.15, 0.2) is 54.6 Å². The number of nitrogens with one attached hydrogen (secondary N) is 1. The Hall–Kier alpha value is -3.22. The Bertz CT molecular complexity index is 897. The SMILES string of the molecule is COc1ccccc1N1CCN(C(=O)C2CCCN(C(=O)Nc3ccccc3)C2)CC1. The van der Waals surface area contributed by atoms with E-state index in [4.69, 9.17) is 4.74 Å². The van der Waals surface area contributed by atoms with Gasteiger partial charge in [-0.2, -0.15) is 0 Å². The number of urea groups is 1. The highest BCUT2D eigenvalue weighted by Gasteiger charge is 2.33. The van der Waals surface area contributed by atoms with E-state index in [2.05, 4.69) is 16.3 Å². The predicted octanol–water partition coefficient (Wildman–Crippen LogP) is 3.29. The number of para-hydroxylation sites is 3. The summed E-state index contributed by atoms with van der Waals surface area (Å²) in [6, 6.07) is 17.3. The number of amides is 3. The molecule has 0 radical (unpaired) electrons. The van der Waals surface area contributed by atoms with Gasteiger partial charge in [-0.05, 0) is 37.1 Å². The van der Waals surface area contributed by atoms with Crippen LogP contribution in [-0.4, -0.2) is 68.1 Å². The summed E-state index contributed by atoms with van der Waals surface area (Å²) in [5.74, 6) is 0.889. The summed E-state index contributed by atoms with van der Waals surface area (Å²) in [7, 11) is 1.68. The van der Waals surface area contributed by atoms with Crippen molar-refractivity contribution in [2.24, 2.45) is 5.92 Å². The first-order chi connectivity index (χ1) is 15.2. The number of ether oxygens (including phenoxy) is 1. The van der Waals surface area contributed by atoms with Crippen LogP contribution in [0.5, 0.6) is 5.75 Å². The van der Waals surface area contributed by atoms with Crippen molar-refractivity contribution in [2.45, 2.75) is 12.8 Å². The molecule has 2 aliphatic rings. The Morgan fingerprint density at radius 2 is 1.61 bits per heavy atom. The van der Waals surface area contributed by atoms with Gasteiger partial charge in [0.15, 0.2) is 0 Å². The standard InChI is InChI=1S/C24H30N4O3/c1-31-22-12-6-5-11-21(22)26-14-16-27(17-15-26)23(29)19-8-7-13-28(18-19)24(30)25-20-9-3-2-4-10-20/h2-6,9-12,19H,7-8,13-18H2,1H3,(H,25,30). The highest BCUT2D eigenvalue weighted by atomic mass is 16.5. The van der Waals surface area contributed by atoms with Crippen molar-refractivity contribution in [2.75, 3.05) is 56.6 Å². The number of anilines is 2. The number of nitrogens with zero attached hydrogens (tertiary/aromatic N) is 3. The van der Waals surface area contributed by atoms with Crippen molar-refractivity contribution in [1.82, 2.24) is 9.80 Å². The molecule has 7 nitrogen and oxygen atoms in total. The van der Waals surface area contributed by atoms with Crippen LogP contribution in [-0.2, 0) is 4.79 Å². The van der Waals surface area contributed by atoms with Gasteiger partial charge in [0.1, 0.15) is 5.75 Å². The number of likely N-dealkylation sites (tertiary alicyclic amines) is 1. The Morgan fingerprint density at radius 3 is 2.35 bits per heavy atom. The average Bonchev–Trinajstić information content (AvgIpc) is 2.84. The van der Waals surface area contributed by atoms with E-state index in [1.54, 1.807) is 12.0 Å². The second-order valence-electron chi connectivity index (χ2n) is 8.07. The molecule has 0 aromatic heterocycles. The zero-order valence-electron chi connectivity index (χ0n) is 18.0. The first kappa shape index (κ1) is 21.0. The van der Waals surface area contributed by atoms with Crippen molar-refractivity contribution in [3.63, 3.8) is 0 Å². The summed E-state index contributed by atoms with van der Waals surface area (Å²) >= 11 is 0. The molecule has 1 atom stereocenters. The fraction of sp³-hybridized carbons (Fsp3) is 0.417. The van der Waals surface area contributed by atoms with Gasteiger partial charge in [-0.3, -0.25) is 4.79 Å². The third-order valence-corrected chi connectivity index (χ3v) is 6.10. The molecule has 1 N–H and O–H groups in total. The molecule has 2 aliphatic heterocycles. The molecule has 0 saturated carbocycles. The Morgan fingerprint density at radius 1 is 0.903 bits per heavy atom. The minimum absolute atomic E-state index is 0.131. The molecule has 2 fully saturated rings. The second kappa shape index (κ2) is 9.73. The molecule has 0 spiro atoms. The number of carbonyl (C=O) groups is 2. The Kier molecular flexibility index (Phi) is 6.60. The van der Waals surface area contributed by atoms with Gasteiger partial charge in [0.25, 0.3) is 0 Å². The van der Waals surface area contributed by atoms with Gasteiger partial charge in [0.2, 0.25) is 5.91 Å². The zero-order chi connectivity index (χ0) is 21.6. The molecule has 3 amide bonds. The number of rotatable bonds is 4. The summed E-state index contributed by atoms with van der Waals surface area (Å²) in [4.78, 5) is 31.8. The van der Waals surface area contributed by atoms with Gasteiger partial charge < -0.3 is 24.8 Å². The lowest BCUT2D eigenvalue weighted by Crippen LogP contribution is -2.53. The van der Waals surface area contributed by atoms with E-state index in [1.165, 1.54) is 0 Å². The molecule has 31 heavy (non-hydrogen) atoms. The average molecular weight is 423 g/mol. The van der Waals surface area contributed by atoms with Crippen molar-refractivity contribution < 1.29 is 14.3 Å². The molecule has 4 rings (SSSR count). The smallest absolute Gasteiger partial charge is 0.321 e. The van der Waals surface area contributed by atoms with Crippen LogP contribution in [0.4, 0.5) is 16.2 Å². The number of carbonyl (C=O) groups excluding carboxylic acids is 2. The zero-order valence-corrected chi connectivity index (χ0v) is 18.0. The molecule has 2 saturated heterocycles. The molecule has 164 valence electrons. The molecule has 2 heterocycles. The van der Waals surface area contributed by atoms with E-state index in [9.17, 15) is 9.59 Å². The van der Waals surface area contributed by atoms with Gasteiger partial charge in [0.05, 0.1) is 18.7 Å². The van der Waals surface area contributed by atoms with E-state index in [0.717, 1.165) is 43.1 Å². The Balaban J connectivity index is 1.32. The van der Waals surface area contributed by atoms with Crippen LogP contribution in [0, 0.1) is 5.92 Å². The van der Waals surface area contributed by atoms with Crippen LogP contribution in [0.3, 0.4) is 0 Å². The first-order valence-electron chi connectivity index (χ1n) is 10.9. The number of methoxy groups -OCH3 is 1. The van der Waals surface area contributed by atoms with E-state index in [0.29, 0.717) is 26.2 Å². The van der Waals surface area contributed by atoms with Gasteiger partial charge >= 0.3 is 6.03 Å². The topological polar surface area (TPSA) is 65.1 Å². The quantitative estimate of drug-likeness (QED) is 0.821. The maximum absolute atomic E-state index is 13.2. The first-order valence-corrected chi connectivity index (χ1v) is 10.9. The summed E-state index contributed by atoms with van der Waals surface area (Å²) in [6.45, 7) is 4.08. The fourth-order valence-corrected chi connectivity index (χ4v) is 4.40. The minimum atomic E-state index is -0.135. The summed E-state index contributed by atoms with van der Waals surface area (Å²) in [6.07, 6.45) is 1.68. The molecular weight excluding hydrogens is 392 g/mol. The van der Waals surface area contributed by atoms with Gasteiger partial charge in [-0.15, -0.1) is 0 Å². The van der Waals surface area contributed by atoms with Crippen LogP contribution in [0.2, 0.25) is 0 Å². The van der Waals surface area contributed by atoms with Crippen molar-refractivity contribution in [3.05, 3.63) is 54.6 Å². The molecule has 2 aromatic rings. The van der Waals surface area contributed by atoms with Crippen LogP contribution >= 0.6 is 0 Å². The summed E-state index contributed by atoms with van der Waals surface area (Å²) in [5, 5.41) is 2.93. The molecule has 0 bridgehead atoms. The van der Waals surface area contributed by atoms with Gasteiger partial charge in [-0.25, -0.2) is 4.79 Å². The minimum Gasteiger partial charge on any atom is -0.495 e. The van der Waals surface area contributed by atoms with E-state index in [-0.39, 0.29) is 17.9 Å². The molecule has 7 heteroatoms. The van der Waals surface area contributed by atoms with Crippen molar-refractivity contribution in [3.8, 4) is 5.75 Å². The molecule has 0 aliphatic carbocycles. The summed E-state index contributed by atoms with van der Waals surface area (Å²) in [5.41, 5.74) is 1.84. The van der Waals surface area contributed by atoms with Crippen LogP contribution in [0.1, 0.15) is 12.8 Å². The second-order valence-corrected chi connectivity index (χ2v) is 8.07. The lowest BCUT2D eigenvalue weighted by molar-refractivity contribution is -0.137. The monoisotopic (exact) mass is 422 g/mol. The van der Waals surface area contributed by atoms with E-state index in [1.807, 2.05) is 53.4 Å². The van der Waals surface area contributed by atoms with E-state index < -0.39 is 0 Å². The van der Waals surface area contributed by atoms with Gasteiger partial charge in [-0.1, -0.05) is 30.3 Å². The number of hydrogen-bond donors (Lipinski definition) is 1. The summed E-state index contributed by atoms with van der Waals surface area (Å²) < 4.78 is 5.48. The number of benzene rings is 2. The number of hydrogen-bond acceptors (Lipinski definition) is 4. The van der Waals surface area contributed by atoms with Crippen molar-refractivity contribution in [1.29, 1.82) is 0 Å². The molecule has 1 unspecified atom stereocenters. The maximum Gasteiger partial charge on any atom is 0.321 e. The lowest BCUT2D eigenvalue weighted by atomic mass is 9.96. The van der Waals surface area contributed by atoms with Crippen LogP contribution in [0.25, 0.3) is 0 Å². The third kappa shape index (κ3) is 4.93. The van der Waals surface area contributed by atoms with Crippen LogP contribution < -0.4 is 15.0 Å². The predicted molar refractivity (Wildman–Crippen MR) is 122 cm³/mol. The molecule has 2 aromatic carbocycles. The number of piperidine rings is 1. The number of piperazine rings is 1. The normalized spacial score (nSPS) is 19.1. The fourth-order valence-electron chi connectivity index (χ4n) is 4.40. The highest BCUT2D eigenvalue weighted by molar-refractivity contribution is 5.90. The Labute approximate surface area is 183 Å². The maximum atomic E-state index is 13.2. The van der Waals surface area contributed by atoms with E-state index >= 15 is 0 Å². The van der Waals surface area contributed by atoms with Crippen molar-refractivity contribution >= 4 is 23.3 Å². The highest BCUT2D eigenvalue weighted by Crippen LogP contribution is 2.29. The van der Waals surface area contributed by atoms with Gasteiger partial charge in [0, 0.05) is 45.0 Å².